The van der Waals surface area contributed by atoms with Gasteiger partial charge in [-0.05, 0) is 62.0 Å². The van der Waals surface area contributed by atoms with E-state index >= 15 is 0 Å². The summed E-state index contributed by atoms with van der Waals surface area (Å²) in [7, 11) is 3.14. The van der Waals surface area contributed by atoms with E-state index in [1.165, 1.54) is 4.90 Å². The molecule has 280 valence electrons. The number of carbonyl (C=O) groups excluding carboxylic acids is 5. The van der Waals surface area contributed by atoms with Crippen molar-refractivity contribution in [3.8, 4) is 11.5 Å². The number of hydrogen-bond acceptors (Lipinski definition) is 9. The minimum absolute atomic E-state index is 0.0118. The normalized spacial score (nSPS) is 22.9. The van der Waals surface area contributed by atoms with Crippen LogP contribution in [0.3, 0.4) is 0 Å². The van der Waals surface area contributed by atoms with Crippen LogP contribution in [0.5, 0.6) is 11.5 Å². The highest BCUT2D eigenvalue weighted by Crippen LogP contribution is 2.42. The van der Waals surface area contributed by atoms with Gasteiger partial charge in [0.25, 0.3) is 5.91 Å². The van der Waals surface area contributed by atoms with Gasteiger partial charge < -0.3 is 35.2 Å². The first-order chi connectivity index (χ1) is 24.2. The second-order valence-corrected chi connectivity index (χ2v) is 15.9. The van der Waals surface area contributed by atoms with E-state index in [0.29, 0.717) is 41.5 Å². The molecule has 4 aliphatic rings. The van der Waals surface area contributed by atoms with Crippen molar-refractivity contribution >= 4 is 35.1 Å². The maximum absolute atomic E-state index is 14.6. The van der Waals surface area contributed by atoms with E-state index in [2.05, 4.69) is 21.1 Å². The van der Waals surface area contributed by atoms with E-state index in [4.69, 9.17) is 14.3 Å². The Labute approximate surface area is 300 Å². The van der Waals surface area contributed by atoms with Crippen molar-refractivity contribution in [2.75, 3.05) is 20.8 Å². The monoisotopic (exact) mass is 709 g/mol. The van der Waals surface area contributed by atoms with Crippen LogP contribution in [0, 0.1) is 18.3 Å². The molecule has 0 aromatic heterocycles. The molecule has 2 saturated carbocycles. The van der Waals surface area contributed by atoms with E-state index in [9.17, 15) is 24.0 Å². The standard InChI is InChI=1S/C38H55N5O8/c1-8-11-26(32(45)35(47)39-24-14-15-24)40-34(46)28-20-38(19-27(42-51-38)25-16-22(2)29(49-6)18-30(25)50-7)21-43(28)36(48)33(37(3,4)5)41-31(44)17-23-12-9-10-13-23/h16,18,23-24,26,28,33H,8-15,17,19-21H2,1-7H3,(H,39,47)(H,40,46)(H,41,44)/t26-,28-,33+,38+/m0/s1. The maximum Gasteiger partial charge on any atom is 0.289 e. The molecule has 1 aromatic rings. The van der Waals surface area contributed by atoms with E-state index < -0.39 is 52.6 Å². The molecule has 2 aliphatic carbocycles. The smallest absolute Gasteiger partial charge is 0.289 e. The molecule has 4 amide bonds. The van der Waals surface area contributed by atoms with E-state index in [0.717, 1.165) is 44.1 Å². The van der Waals surface area contributed by atoms with Gasteiger partial charge in [0.1, 0.15) is 23.6 Å². The summed E-state index contributed by atoms with van der Waals surface area (Å²) in [6.07, 6.45) is 7.35. The van der Waals surface area contributed by atoms with Gasteiger partial charge in [-0.15, -0.1) is 0 Å². The number of nitrogens with one attached hydrogen (secondary N) is 3. The molecular formula is C38H55N5O8. The van der Waals surface area contributed by atoms with Crippen molar-refractivity contribution < 1.29 is 38.3 Å². The number of carbonyl (C=O) groups is 5. The van der Waals surface area contributed by atoms with Gasteiger partial charge >= 0.3 is 0 Å². The highest BCUT2D eigenvalue weighted by molar-refractivity contribution is 6.38. The number of nitrogens with zero attached hydrogens (tertiary/aromatic N) is 2. The third-order valence-electron chi connectivity index (χ3n) is 10.6. The molecule has 3 N–H and O–H groups in total. The molecule has 13 heteroatoms. The predicted molar refractivity (Wildman–Crippen MR) is 190 cm³/mol. The lowest BCUT2D eigenvalue weighted by Gasteiger charge is -2.36. The van der Waals surface area contributed by atoms with Crippen LogP contribution in [-0.4, -0.2) is 90.6 Å². The summed E-state index contributed by atoms with van der Waals surface area (Å²) in [5.41, 5.74) is 0.429. The van der Waals surface area contributed by atoms with E-state index in [-0.39, 0.29) is 37.8 Å². The fourth-order valence-corrected chi connectivity index (χ4v) is 7.54. The van der Waals surface area contributed by atoms with E-state index in [1.807, 2.05) is 40.7 Å². The molecule has 5 rings (SSSR count). The van der Waals surface area contributed by atoms with Crippen LogP contribution >= 0.6 is 0 Å². The lowest BCUT2D eigenvalue weighted by Crippen LogP contribution is -2.59. The number of benzene rings is 1. The fraction of sp³-hybridized carbons (Fsp3) is 0.684. The zero-order valence-electron chi connectivity index (χ0n) is 31.2. The van der Waals surface area contributed by atoms with Crippen molar-refractivity contribution in [1.82, 2.24) is 20.9 Å². The number of methoxy groups -OCH3 is 2. The topological polar surface area (TPSA) is 165 Å². The molecule has 0 bridgehead atoms. The number of likely N-dealkylation sites (tertiary alicyclic amines) is 1. The molecule has 3 fully saturated rings. The number of rotatable bonds is 14. The van der Waals surface area contributed by atoms with Crippen LogP contribution < -0.4 is 25.4 Å². The Kier molecular flexibility index (Phi) is 11.7. The Bertz CT molecular complexity index is 1540. The molecule has 4 atom stereocenters. The van der Waals surface area contributed by atoms with Gasteiger partial charge in [-0.25, -0.2) is 0 Å². The third-order valence-corrected chi connectivity index (χ3v) is 10.6. The molecule has 1 saturated heterocycles. The first kappa shape index (κ1) is 38.1. The zero-order valence-corrected chi connectivity index (χ0v) is 31.2. The highest BCUT2D eigenvalue weighted by atomic mass is 16.7. The Morgan fingerprint density at radius 1 is 1.02 bits per heavy atom. The summed E-state index contributed by atoms with van der Waals surface area (Å²) < 4.78 is 11.1. The minimum atomic E-state index is -1.06. The molecule has 0 radical (unpaired) electrons. The molecule has 2 aliphatic heterocycles. The summed E-state index contributed by atoms with van der Waals surface area (Å²) >= 11 is 0. The molecule has 51 heavy (non-hydrogen) atoms. The first-order valence-electron chi connectivity index (χ1n) is 18.4. The summed E-state index contributed by atoms with van der Waals surface area (Å²) in [5.74, 6) is -1.11. The largest absolute Gasteiger partial charge is 0.496 e. The number of ether oxygens (including phenoxy) is 2. The molecule has 1 spiro atoms. The lowest BCUT2D eigenvalue weighted by molar-refractivity contribution is -0.145. The average Bonchev–Trinajstić information content (AvgIpc) is 3.43. The summed E-state index contributed by atoms with van der Waals surface area (Å²) in [6.45, 7) is 9.45. The van der Waals surface area contributed by atoms with Gasteiger partial charge in [-0.2, -0.15) is 0 Å². The second kappa shape index (κ2) is 15.6. The second-order valence-electron chi connectivity index (χ2n) is 15.9. The number of hydrogen-bond donors (Lipinski definition) is 3. The van der Waals surface area contributed by atoms with Gasteiger partial charge in [-0.1, -0.05) is 52.1 Å². The van der Waals surface area contributed by atoms with Crippen molar-refractivity contribution in [1.29, 1.82) is 0 Å². The first-order valence-corrected chi connectivity index (χ1v) is 18.4. The SMILES string of the molecule is CCC[C@H](NC(=O)[C@@H]1C[C@]2(CC(c3cc(C)c(OC)cc3OC)=NO2)CN1C(=O)[C@@H](NC(=O)CC1CCCC1)C(C)(C)C)C(=O)C(=O)NC1CC1. The van der Waals surface area contributed by atoms with Crippen LogP contribution in [-0.2, 0) is 28.8 Å². The Morgan fingerprint density at radius 3 is 2.31 bits per heavy atom. The summed E-state index contributed by atoms with van der Waals surface area (Å²) in [4.78, 5) is 75.8. The van der Waals surface area contributed by atoms with E-state index in [1.54, 1.807) is 20.3 Å². The number of oxime groups is 1. The average molecular weight is 710 g/mol. The summed E-state index contributed by atoms with van der Waals surface area (Å²) in [6, 6.07) is 0.640. The molecule has 1 aromatic carbocycles. The van der Waals surface area contributed by atoms with Crippen LogP contribution in [0.4, 0.5) is 0 Å². The Balaban J connectivity index is 1.42. The predicted octanol–water partition coefficient (Wildman–Crippen LogP) is 3.72. The van der Waals surface area contributed by atoms with Crippen molar-refractivity contribution in [3.63, 3.8) is 0 Å². The van der Waals surface area contributed by atoms with Crippen LogP contribution in [0.2, 0.25) is 0 Å². The Hall–Kier alpha value is -4.16. The van der Waals surface area contributed by atoms with Gasteiger partial charge in [0, 0.05) is 36.9 Å². The summed E-state index contributed by atoms with van der Waals surface area (Å²) in [5, 5.41) is 13.0. The Morgan fingerprint density at radius 2 is 1.71 bits per heavy atom. The maximum atomic E-state index is 14.6. The zero-order chi connectivity index (χ0) is 37.1. The molecule has 0 unspecified atom stereocenters. The fourth-order valence-electron chi connectivity index (χ4n) is 7.54. The quantitative estimate of drug-likeness (QED) is 0.246. The van der Waals surface area contributed by atoms with Gasteiger partial charge in [-0.3, -0.25) is 24.0 Å². The number of ketones is 1. The van der Waals surface area contributed by atoms with Crippen LogP contribution in [0.25, 0.3) is 0 Å². The number of Topliss-reactive ketones (excluding diaryl/α,β-unsaturated/α-hetero) is 1. The molecular weight excluding hydrogens is 654 g/mol. The molecule has 2 heterocycles. The van der Waals surface area contributed by atoms with Crippen molar-refractivity contribution in [2.24, 2.45) is 16.5 Å². The number of aryl methyl sites for hydroxylation is 1. The van der Waals surface area contributed by atoms with Gasteiger partial charge in [0.15, 0.2) is 5.60 Å². The third kappa shape index (κ3) is 8.84. The lowest BCUT2D eigenvalue weighted by atomic mass is 9.85. The van der Waals surface area contributed by atoms with Gasteiger partial charge in [0.2, 0.25) is 23.5 Å². The van der Waals surface area contributed by atoms with Crippen molar-refractivity contribution in [2.45, 2.75) is 135 Å². The highest BCUT2D eigenvalue weighted by Gasteiger charge is 2.56. The van der Waals surface area contributed by atoms with Crippen LogP contribution in [0.1, 0.15) is 109 Å². The van der Waals surface area contributed by atoms with Gasteiger partial charge in [0.05, 0.1) is 32.5 Å². The minimum Gasteiger partial charge on any atom is -0.496 e. The van der Waals surface area contributed by atoms with Crippen LogP contribution in [0.15, 0.2) is 17.3 Å². The van der Waals surface area contributed by atoms with Crippen molar-refractivity contribution in [3.05, 3.63) is 23.3 Å². The molecule has 13 nitrogen and oxygen atoms in total. The number of amides is 4.